The molecule has 2 aromatic rings. The largest absolute Gasteiger partial charge is 0.384 e. The average Bonchev–Trinajstić information content (AvgIpc) is 2.99. The van der Waals surface area contributed by atoms with E-state index in [9.17, 15) is 13.5 Å². The molecular weight excluding hydrogens is 404 g/mol. The molecule has 0 fully saturated rings. The van der Waals surface area contributed by atoms with Gasteiger partial charge in [-0.25, -0.2) is 8.42 Å². The van der Waals surface area contributed by atoms with Crippen LogP contribution in [-0.2, 0) is 10.0 Å². The van der Waals surface area contributed by atoms with Gasteiger partial charge in [-0.05, 0) is 67.4 Å². The Balaban J connectivity index is 2.31. The molecular formula is C19H21ClN2O3S2. The summed E-state index contributed by atoms with van der Waals surface area (Å²) in [6.45, 7) is 10.8. The van der Waals surface area contributed by atoms with Crippen LogP contribution in [0, 0.1) is 0 Å². The summed E-state index contributed by atoms with van der Waals surface area (Å²) in [4.78, 5) is 4.78. The van der Waals surface area contributed by atoms with Gasteiger partial charge < -0.3 is 5.11 Å². The number of benzene rings is 1. The minimum atomic E-state index is -3.36. The van der Waals surface area contributed by atoms with Crippen molar-refractivity contribution < 1.29 is 13.5 Å². The zero-order chi connectivity index (χ0) is 20.4. The molecule has 1 aromatic carbocycles. The lowest BCUT2D eigenvalue weighted by atomic mass is 10.0. The summed E-state index contributed by atoms with van der Waals surface area (Å²) < 4.78 is 25.1. The van der Waals surface area contributed by atoms with E-state index in [1.807, 2.05) is 11.4 Å². The smallest absolute Gasteiger partial charge is 0.229 e. The van der Waals surface area contributed by atoms with E-state index in [4.69, 9.17) is 11.6 Å². The van der Waals surface area contributed by atoms with Crippen LogP contribution < -0.4 is 4.72 Å². The first-order valence-electron chi connectivity index (χ1n) is 7.87. The Morgan fingerprint density at radius 1 is 1.37 bits per heavy atom. The lowest BCUT2D eigenvalue weighted by Crippen LogP contribution is -2.20. The Morgan fingerprint density at radius 3 is 2.56 bits per heavy atom. The van der Waals surface area contributed by atoms with E-state index in [1.54, 1.807) is 38.1 Å². The third-order valence-corrected chi connectivity index (χ3v) is 5.50. The molecule has 5 nitrogen and oxygen atoms in total. The zero-order valence-electron chi connectivity index (χ0n) is 15.3. The Labute approximate surface area is 168 Å². The van der Waals surface area contributed by atoms with Gasteiger partial charge >= 0.3 is 0 Å². The maximum atomic E-state index is 11.3. The summed E-state index contributed by atoms with van der Waals surface area (Å²) in [5, 5.41) is 12.5. The first kappa shape index (κ1) is 21.4. The number of anilines is 1. The Bertz CT molecular complexity index is 1020. The summed E-state index contributed by atoms with van der Waals surface area (Å²) in [7, 11) is -3.36. The predicted molar refractivity (Wildman–Crippen MR) is 116 cm³/mol. The van der Waals surface area contributed by atoms with Gasteiger partial charge in [0.15, 0.2) is 0 Å². The molecule has 0 radical (unpaired) electrons. The van der Waals surface area contributed by atoms with Gasteiger partial charge in [-0.15, -0.1) is 11.3 Å². The summed E-state index contributed by atoms with van der Waals surface area (Å²) in [6.07, 6.45) is 2.78. The number of rotatable bonds is 7. The highest BCUT2D eigenvalue weighted by molar-refractivity contribution is 7.92. The molecule has 144 valence electrons. The summed E-state index contributed by atoms with van der Waals surface area (Å²) >= 11 is 7.81. The molecule has 0 unspecified atom stereocenters. The van der Waals surface area contributed by atoms with E-state index in [0.29, 0.717) is 22.0 Å². The highest BCUT2D eigenvalue weighted by atomic mass is 35.5. The van der Waals surface area contributed by atoms with Crippen molar-refractivity contribution in [2.45, 2.75) is 19.4 Å². The van der Waals surface area contributed by atoms with Gasteiger partial charge in [0.1, 0.15) is 5.60 Å². The molecule has 0 amide bonds. The van der Waals surface area contributed by atoms with Gasteiger partial charge in [-0.1, -0.05) is 18.2 Å². The monoisotopic (exact) mass is 424 g/mol. The van der Waals surface area contributed by atoms with Gasteiger partial charge in [-0.3, -0.25) is 9.71 Å². The molecule has 2 N–H and O–H groups in total. The van der Waals surface area contributed by atoms with Crippen molar-refractivity contribution in [1.82, 2.24) is 0 Å². The minimum absolute atomic E-state index is 0.405. The number of nitrogens with one attached hydrogen (secondary N) is 1. The van der Waals surface area contributed by atoms with Crippen LogP contribution in [-0.4, -0.2) is 32.1 Å². The Morgan fingerprint density at radius 2 is 2.04 bits per heavy atom. The van der Waals surface area contributed by atoms with Crippen LogP contribution in [0.3, 0.4) is 0 Å². The molecule has 0 spiro atoms. The first-order valence-corrected chi connectivity index (χ1v) is 11.0. The Kier molecular flexibility index (Phi) is 6.32. The van der Waals surface area contributed by atoms with Crippen molar-refractivity contribution in [2.24, 2.45) is 4.99 Å². The normalized spacial score (nSPS) is 12.7. The van der Waals surface area contributed by atoms with Crippen LogP contribution in [0.15, 0.2) is 53.0 Å². The quantitative estimate of drug-likeness (QED) is 0.494. The van der Waals surface area contributed by atoms with Crippen molar-refractivity contribution in [3.63, 3.8) is 0 Å². The number of sulfonamides is 1. The lowest BCUT2D eigenvalue weighted by Gasteiger charge is -2.17. The van der Waals surface area contributed by atoms with Crippen molar-refractivity contribution in [1.29, 1.82) is 0 Å². The molecule has 2 rings (SSSR count). The molecule has 0 saturated heterocycles. The summed E-state index contributed by atoms with van der Waals surface area (Å²) in [5.41, 5.74) is 2.06. The van der Waals surface area contributed by atoms with Gasteiger partial charge in [0.25, 0.3) is 0 Å². The highest BCUT2D eigenvalue weighted by Gasteiger charge is 2.19. The van der Waals surface area contributed by atoms with E-state index < -0.39 is 15.6 Å². The van der Waals surface area contributed by atoms with Gasteiger partial charge in [-0.2, -0.15) is 0 Å². The molecule has 0 aliphatic rings. The van der Waals surface area contributed by atoms with E-state index in [0.717, 1.165) is 22.3 Å². The number of allylic oxidation sites excluding steroid dienone is 2. The number of hydrogen-bond donors (Lipinski definition) is 2. The average molecular weight is 425 g/mol. The van der Waals surface area contributed by atoms with Gasteiger partial charge in [0.2, 0.25) is 10.0 Å². The topological polar surface area (TPSA) is 78.8 Å². The maximum absolute atomic E-state index is 11.3. The van der Waals surface area contributed by atoms with Crippen molar-refractivity contribution in [2.75, 3.05) is 11.0 Å². The summed E-state index contributed by atoms with van der Waals surface area (Å²) in [6, 6.07) is 6.92. The number of nitrogens with zero attached hydrogens (tertiary/aromatic N) is 1. The molecule has 0 atom stereocenters. The van der Waals surface area contributed by atoms with Crippen molar-refractivity contribution in [3.05, 3.63) is 58.6 Å². The molecule has 27 heavy (non-hydrogen) atoms. The van der Waals surface area contributed by atoms with Crippen LogP contribution in [0.25, 0.3) is 16.0 Å². The number of hydrogen-bond acceptors (Lipinski definition) is 5. The molecule has 0 saturated carbocycles. The van der Waals surface area contributed by atoms with Crippen molar-refractivity contribution in [3.8, 4) is 10.4 Å². The molecule has 1 aromatic heterocycles. The second-order valence-electron chi connectivity index (χ2n) is 6.54. The van der Waals surface area contributed by atoms with E-state index >= 15 is 0 Å². The van der Waals surface area contributed by atoms with Crippen LogP contribution >= 0.6 is 22.9 Å². The minimum Gasteiger partial charge on any atom is -0.384 e. The van der Waals surface area contributed by atoms with Gasteiger partial charge in [0, 0.05) is 16.1 Å². The van der Waals surface area contributed by atoms with Crippen LogP contribution in [0.1, 0.15) is 19.4 Å². The molecule has 8 heteroatoms. The predicted octanol–water partition coefficient (Wildman–Crippen LogP) is 4.81. The molecule has 0 bridgehead atoms. The van der Waals surface area contributed by atoms with Crippen LogP contribution in [0.4, 0.5) is 5.69 Å². The fraction of sp³-hybridized carbons (Fsp3) is 0.211. The fourth-order valence-corrected chi connectivity index (χ4v) is 4.17. The zero-order valence-corrected chi connectivity index (χ0v) is 17.7. The maximum Gasteiger partial charge on any atom is 0.229 e. The number of thiophene rings is 1. The Hall–Kier alpha value is -1.93. The fourth-order valence-electron chi connectivity index (χ4n) is 2.30. The SMILES string of the molecule is C=N/C(=C\C(=C)c1csc(-c2ccc(NS(C)(=O)=O)cc2Cl)c1)C(C)(C)O. The molecule has 0 aliphatic carbocycles. The number of aliphatic imine (C=N–C) groups is 1. The van der Waals surface area contributed by atoms with E-state index in [1.165, 1.54) is 11.3 Å². The van der Waals surface area contributed by atoms with Crippen LogP contribution in [0.5, 0.6) is 0 Å². The first-order chi connectivity index (χ1) is 12.4. The third-order valence-electron chi connectivity index (χ3n) is 3.62. The van der Waals surface area contributed by atoms with E-state index in [2.05, 4.69) is 23.0 Å². The second-order valence-corrected chi connectivity index (χ2v) is 9.61. The number of aliphatic hydroxyl groups is 1. The van der Waals surface area contributed by atoms with E-state index in [-0.39, 0.29) is 0 Å². The highest BCUT2D eigenvalue weighted by Crippen LogP contribution is 2.36. The van der Waals surface area contributed by atoms with Gasteiger partial charge in [0.05, 0.1) is 17.0 Å². The third kappa shape index (κ3) is 5.77. The molecule has 0 aliphatic heterocycles. The molecule has 1 heterocycles. The second kappa shape index (κ2) is 7.98. The number of halogens is 1. The van der Waals surface area contributed by atoms with Crippen molar-refractivity contribution >= 4 is 50.9 Å². The standard InChI is InChI=1S/C19H21ClN2O3S2/c1-12(8-18(21-4)19(2,3)23)13-9-17(26-11-13)15-7-6-14(10-16(15)20)22-27(5,24)25/h6-11,22-23H,1,4H2,2-3,5H3/b18-8-. The lowest BCUT2D eigenvalue weighted by molar-refractivity contribution is 0.119. The van der Waals surface area contributed by atoms with Crippen LogP contribution in [0.2, 0.25) is 5.02 Å². The summed E-state index contributed by atoms with van der Waals surface area (Å²) in [5.74, 6) is 0.